The monoisotopic (exact) mass is 537 g/mol. The molecule has 2 aromatic rings. The third kappa shape index (κ3) is 7.30. The predicted octanol–water partition coefficient (Wildman–Crippen LogP) is 3.78. The van der Waals surface area contributed by atoms with Crippen molar-refractivity contribution >= 4 is 43.5 Å². The maximum absolute atomic E-state index is 13.5. The number of carbonyl (C=O) groups is 2. The highest BCUT2D eigenvalue weighted by molar-refractivity contribution is 9.10. The summed E-state index contributed by atoms with van der Waals surface area (Å²) < 4.78 is 27.3. The van der Waals surface area contributed by atoms with Gasteiger partial charge in [-0.2, -0.15) is 0 Å². The Morgan fingerprint density at radius 1 is 1.09 bits per heavy atom. The number of nitrogens with zero attached hydrogens (tertiary/aromatic N) is 2. The quantitative estimate of drug-likeness (QED) is 0.499. The van der Waals surface area contributed by atoms with Crippen LogP contribution in [0.5, 0.6) is 0 Å². The summed E-state index contributed by atoms with van der Waals surface area (Å²) in [6.07, 6.45) is 1.85. The van der Waals surface area contributed by atoms with E-state index in [-0.39, 0.29) is 12.5 Å². The lowest BCUT2D eigenvalue weighted by Crippen LogP contribution is -2.51. The number of halogens is 1. The normalized spacial score (nSPS) is 12.2. The first-order chi connectivity index (χ1) is 15.5. The molecule has 33 heavy (non-hydrogen) atoms. The first kappa shape index (κ1) is 26.9. The largest absolute Gasteiger partial charge is 0.354 e. The van der Waals surface area contributed by atoms with E-state index in [1.807, 2.05) is 51.1 Å². The third-order valence-electron chi connectivity index (χ3n) is 5.51. The first-order valence-electron chi connectivity index (χ1n) is 10.8. The lowest BCUT2D eigenvalue weighted by Gasteiger charge is -2.32. The van der Waals surface area contributed by atoms with Gasteiger partial charge in [-0.15, -0.1) is 0 Å². The summed E-state index contributed by atoms with van der Waals surface area (Å²) in [6, 6.07) is 12.0. The second-order valence-electron chi connectivity index (χ2n) is 8.10. The highest BCUT2D eigenvalue weighted by atomic mass is 79.9. The van der Waals surface area contributed by atoms with Crippen molar-refractivity contribution in [2.45, 2.75) is 46.7 Å². The van der Waals surface area contributed by atoms with E-state index < -0.39 is 28.5 Å². The molecule has 0 aliphatic heterocycles. The number of amides is 2. The molecule has 0 radical (unpaired) electrons. The van der Waals surface area contributed by atoms with Crippen LogP contribution in [0.1, 0.15) is 37.0 Å². The van der Waals surface area contributed by atoms with Crippen LogP contribution in [0.25, 0.3) is 0 Å². The molecule has 0 heterocycles. The van der Waals surface area contributed by atoms with Gasteiger partial charge in [0.05, 0.1) is 11.9 Å². The number of carbonyl (C=O) groups excluding carboxylic acids is 2. The molecule has 0 saturated heterocycles. The smallest absolute Gasteiger partial charge is 0.244 e. The summed E-state index contributed by atoms with van der Waals surface area (Å²) in [5, 5.41) is 2.82. The molecule has 0 aromatic heterocycles. The number of hydrogen-bond donors (Lipinski definition) is 1. The average Bonchev–Trinajstić information content (AvgIpc) is 2.76. The zero-order valence-corrected chi connectivity index (χ0v) is 22.2. The molecule has 0 saturated carbocycles. The topological polar surface area (TPSA) is 86.8 Å². The van der Waals surface area contributed by atoms with Crippen LogP contribution in [0.4, 0.5) is 5.69 Å². The fourth-order valence-corrected chi connectivity index (χ4v) is 4.53. The molecule has 9 heteroatoms. The molecule has 2 rings (SSSR count). The van der Waals surface area contributed by atoms with E-state index in [4.69, 9.17) is 0 Å². The molecule has 1 atom stereocenters. The molecule has 0 bridgehead atoms. The molecule has 0 aliphatic rings. The Hall–Kier alpha value is -2.39. The molecule has 0 aliphatic carbocycles. The lowest BCUT2D eigenvalue weighted by atomic mass is 10.1. The van der Waals surface area contributed by atoms with E-state index in [9.17, 15) is 18.0 Å². The van der Waals surface area contributed by atoms with Crippen LogP contribution < -0.4 is 9.62 Å². The highest BCUT2D eigenvalue weighted by Gasteiger charge is 2.30. The van der Waals surface area contributed by atoms with E-state index in [1.54, 1.807) is 19.1 Å². The van der Waals surface area contributed by atoms with Crippen molar-refractivity contribution in [3.63, 3.8) is 0 Å². The summed E-state index contributed by atoms with van der Waals surface area (Å²) in [4.78, 5) is 27.6. The molecule has 1 unspecified atom stereocenters. The Morgan fingerprint density at radius 2 is 1.73 bits per heavy atom. The number of aryl methyl sites for hydroxylation is 1. The Bertz CT molecular complexity index is 1090. The van der Waals surface area contributed by atoms with Gasteiger partial charge >= 0.3 is 0 Å². The van der Waals surface area contributed by atoms with E-state index in [1.165, 1.54) is 4.90 Å². The molecule has 2 amide bonds. The van der Waals surface area contributed by atoms with Crippen LogP contribution in [0.3, 0.4) is 0 Å². The second-order valence-corrected chi connectivity index (χ2v) is 10.9. The fourth-order valence-electron chi connectivity index (χ4n) is 3.37. The van der Waals surface area contributed by atoms with Gasteiger partial charge in [0.25, 0.3) is 0 Å². The number of nitrogens with one attached hydrogen (secondary N) is 1. The maximum Gasteiger partial charge on any atom is 0.244 e. The number of sulfonamides is 1. The number of hydrogen-bond acceptors (Lipinski definition) is 4. The van der Waals surface area contributed by atoms with Gasteiger partial charge in [-0.25, -0.2) is 8.42 Å². The minimum Gasteiger partial charge on any atom is -0.354 e. The maximum atomic E-state index is 13.5. The summed E-state index contributed by atoms with van der Waals surface area (Å²) >= 11 is 3.40. The van der Waals surface area contributed by atoms with Crippen molar-refractivity contribution in [3.8, 4) is 0 Å². The second kappa shape index (κ2) is 11.7. The van der Waals surface area contributed by atoms with Crippen LogP contribution in [-0.4, -0.2) is 50.5 Å². The number of anilines is 1. The Labute approximate surface area is 205 Å². The van der Waals surface area contributed by atoms with Gasteiger partial charge in [-0.05, 0) is 62.1 Å². The van der Waals surface area contributed by atoms with Crippen molar-refractivity contribution in [2.75, 3.05) is 23.7 Å². The SMILES string of the molecule is CCCNC(=O)C(C)N(Cc1ccc(Br)cc1)C(=O)CN(c1cccc(C)c1C)S(C)(=O)=O. The Balaban J connectivity index is 2.40. The van der Waals surface area contributed by atoms with Crippen LogP contribution in [0.15, 0.2) is 46.9 Å². The summed E-state index contributed by atoms with van der Waals surface area (Å²) in [7, 11) is -3.75. The summed E-state index contributed by atoms with van der Waals surface area (Å²) in [5.74, 6) is -0.733. The standard InChI is InChI=1S/C24H32BrN3O4S/c1-6-14-26-24(30)19(4)27(15-20-10-12-21(25)13-11-20)23(29)16-28(33(5,31)32)22-9-7-8-17(2)18(22)3/h7-13,19H,6,14-16H2,1-5H3,(H,26,30). The van der Waals surface area contributed by atoms with Crippen LogP contribution in [0, 0.1) is 13.8 Å². The van der Waals surface area contributed by atoms with Gasteiger partial charge in [0.1, 0.15) is 12.6 Å². The summed E-state index contributed by atoms with van der Waals surface area (Å²) in [5.41, 5.74) is 2.99. The first-order valence-corrected chi connectivity index (χ1v) is 13.4. The van der Waals surface area contributed by atoms with Crippen LogP contribution in [-0.2, 0) is 26.2 Å². The van der Waals surface area contributed by atoms with E-state index >= 15 is 0 Å². The predicted molar refractivity (Wildman–Crippen MR) is 136 cm³/mol. The Kier molecular flexibility index (Phi) is 9.48. The number of benzene rings is 2. The molecule has 2 aromatic carbocycles. The van der Waals surface area contributed by atoms with Gasteiger partial charge in [-0.3, -0.25) is 13.9 Å². The van der Waals surface area contributed by atoms with Crippen molar-refractivity contribution in [3.05, 3.63) is 63.6 Å². The molecule has 0 spiro atoms. The van der Waals surface area contributed by atoms with Crippen molar-refractivity contribution < 1.29 is 18.0 Å². The molecule has 0 fully saturated rings. The van der Waals surface area contributed by atoms with E-state index in [2.05, 4.69) is 21.2 Å². The molecular formula is C24H32BrN3O4S. The lowest BCUT2D eigenvalue weighted by molar-refractivity contribution is -0.139. The highest BCUT2D eigenvalue weighted by Crippen LogP contribution is 2.25. The molecule has 7 nitrogen and oxygen atoms in total. The van der Waals surface area contributed by atoms with Crippen molar-refractivity contribution in [1.29, 1.82) is 0 Å². The zero-order valence-electron chi connectivity index (χ0n) is 19.8. The van der Waals surface area contributed by atoms with Crippen LogP contribution >= 0.6 is 15.9 Å². The minimum absolute atomic E-state index is 0.178. The Morgan fingerprint density at radius 3 is 2.30 bits per heavy atom. The van der Waals surface area contributed by atoms with Gasteiger partial charge in [0.15, 0.2) is 0 Å². The molecule has 1 N–H and O–H groups in total. The van der Waals surface area contributed by atoms with Gasteiger partial charge in [-0.1, -0.05) is 47.1 Å². The molecule has 180 valence electrons. The van der Waals surface area contributed by atoms with Gasteiger partial charge in [0.2, 0.25) is 21.8 Å². The van der Waals surface area contributed by atoms with Crippen LogP contribution in [0.2, 0.25) is 0 Å². The third-order valence-corrected chi connectivity index (χ3v) is 7.16. The summed E-state index contributed by atoms with van der Waals surface area (Å²) in [6.45, 7) is 7.60. The van der Waals surface area contributed by atoms with Gasteiger partial charge < -0.3 is 10.2 Å². The van der Waals surface area contributed by atoms with Gasteiger partial charge in [0, 0.05) is 17.6 Å². The average molecular weight is 539 g/mol. The number of rotatable bonds is 10. The fraction of sp³-hybridized carbons (Fsp3) is 0.417. The van der Waals surface area contributed by atoms with Crippen molar-refractivity contribution in [2.24, 2.45) is 0 Å². The van der Waals surface area contributed by atoms with E-state index in [0.717, 1.165) is 38.1 Å². The van der Waals surface area contributed by atoms with E-state index in [0.29, 0.717) is 12.2 Å². The van der Waals surface area contributed by atoms with Crippen molar-refractivity contribution in [1.82, 2.24) is 10.2 Å². The molecular weight excluding hydrogens is 506 g/mol. The minimum atomic E-state index is -3.75. The zero-order chi connectivity index (χ0) is 24.8.